The van der Waals surface area contributed by atoms with Crippen molar-refractivity contribution in [2.45, 2.75) is 110 Å². The fraction of sp³-hybridized carbons (Fsp3) is 0.905. The van der Waals surface area contributed by atoms with Gasteiger partial charge in [0.15, 0.2) is 0 Å². The van der Waals surface area contributed by atoms with Crippen molar-refractivity contribution in [1.29, 1.82) is 0 Å². The van der Waals surface area contributed by atoms with E-state index in [0.29, 0.717) is 6.54 Å². The number of unbranched alkanes of at least 4 members (excludes halogenated alkanes) is 15. The average molecular weight is 370 g/mol. The molecule has 0 heterocycles. The molecule has 3 amide bonds. The van der Waals surface area contributed by atoms with Crippen LogP contribution in [0.15, 0.2) is 0 Å². The maximum Gasteiger partial charge on any atom is 0.312 e. The molecule has 0 aromatic carbocycles. The summed E-state index contributed by atoms with van der Waals surface area (Å²) < 4.78 is 0. The summed E-state index contributed by atoms with van der Waals surface area (Å²) in [6.45, 7) is 2.92. The van der Waals surface area contributed by atoms with Crippen LogP contribution in [0.4, 0.5) is 4.79 Å². The van der Waals surface area contributed by atoms with Gasteiger partial charge in [-0.15, -0.1) is 0 Å². The van der Waals surface area contributed by atoms with Gasteiger partial charge in [-0.2, -0.15) is 0 Å². The standard InChI is InChI=1S/C21H43N3O2/c1-2-3-4-5-6-7-8-9-10-11-12-13-14-15-16-17-18-23-20(25)19-24-21(22)26/h2-19H2,1H3,(H,23,25)(H3,22,24,26). The van der Waals surface area contributed by atoms with Crippen LogP contribution >= 0.6 is 0 Å². The third-order valence-electron chi connectivity index (χ3n) is 4.78. The Morgan fingerprint density at radius 3 is 1.38 bits per heavy atom. The number of hydrogen-bond donors (Lipinski definition) is 3. The van der Waals surface area contributed by atoms with Crippen LogP contribution < -0.4 is 16.4 Å². The number of nitrogens with one attached hydrogen (secondary N) is 2. The largest absolute Gasteiger partial charge is 0.355 e. The van der Waals surface area contributed by atoms with Gasteiger partial charge >= 0.3 is 6.03 Å². The zero-order valence-corrected chi connectivity index (χ0v) is 17.1. The molecule has 0 aliphatic heterocycles. The van der Waals surface area contributed by atoms with E-state index < -0.39 is 6.03 Å². The molecule has 0 aromatic rings. The minimum Gasteiger partial charge on any atom is -0.355 e. The quantitative estimate of drug-likeness (QED) is 0.279. The van der Waals surface area contributed by atoms with Crippen LogP contribution in [0, 0.1) is 0 Å². The van der Waals surface area contributed by atoms with Gasteiger partial charge in [0.05, 0.1) is 6.54 Å². The molecule has 0 saturated carbocycles. The van der Waals surface area contributed by atoms with Crippen molar-refractivity contribution in [3.05, 3.63) is 0 Å². The molecule has 0 aromatic heterocycles. The zero-order chi connectivity index (χ0) is 19.3. The number of amides is 3. The van der Waals surface area contributed by atoms with Crippen LogP contribution in [0.5, 0.6) is 0 Å². The average Bonchev–Trinajstić information content (AvgIpc) is 2.62. The van der Waals surface area contributed by atoms with Gasteiger partial charge in [-0.05, 0) is 6.42 Å². The molecule has 0 spiro atoms. The van der Waals surface area contributed by atoms with Gasteiger partial charge in [-0.25, -0.2) is 4.79 Å². The third-order valence-corrected chi connectivity index (χ3v) is 4.78. The van der Waals surface area contributed by atoms with E-state index in [0.717, 1.165) is 12.8 Å². The van der Waals surface area contributed by atoms with Crippen LogP contribution in [0.3, 0.4) is 0 Å². The van der Waals surface area contributed by atoms with Gasteiger partial charge in [0.25, 0.3) is 0 Å². The minimum atomic E-state index is -0.664. The molecule has 0 atom stereocenters. The topological polar surface area (TPSA) is 84.2 Å². The lowest BCUT2D eigenvalue weighted by molar-refractivity contribution is -0.120. The summed E-state index contributed by atoms with van der Waals surface area (Å²) in [5.74, 6) is -0.176. The van der Waals surface area contributed by atoms with E-state index in [4.69, 9.17) is 5.73 Å². The lowest BCUT2D eigenvalue weighted by Gasteiger charge is -2.06. The van der Waals surface area contributed by atoms with Crippen molar-refractivity contribution in [2.24, 2.45) is 5.73 Å². The minimum absolute atomic E-state index is 0.0335. The van der Waals surface area contributed by atoms with Crippen LogP contribution in [0.25, 0.3) is 0 Å². The van der Waals surface area contributed by atoms with Crippen molar-refractivity contribution in [1.82, 2.24) is 10.6 Å². The van der Waals surface area contributed by atoms with E-state index in [2.05, 4.69) is 17.6 Å². The molecule has 0 radical (unpaired) electrons. The SMILES string of the molecule is CCCCCCCCCCCCCCCCCCNC(=O)CNC(N)=O. The highest BCUT2D eigenvalue weighted by Gasteiger charge is 2.01. The van der Waals surface area contributed by atoms with Crippen molar-refractivity contribution >= 4 is 11.9 Å². The highest BCUT2D eigenvalue weighted by Crippen LogP contribution is 2.13. The van der Waals surface area contributed by atoms with Gasteiger partial charge in [0.2, 0.25) is 5.91 Å². The number of primary amides is 1. The molecule has 0 unspecified atom stereocenters. The summed E-state index contributed by atoms with van der Waals surface area (Å²) in [4.78, 5) is 21.8. The first kappa shape index (κ1) is 24.7. The maximum atomic E-state index is 11.3. The van der Waals surface area contributed by atoms with Gasteiger partial charge in [-0.3, -0.25) is 4.79 Å². The number of rotatable bonds is 19. The van der Waals surface area contributed by atoms with E-state index in [1.54, 1.807) is 0 Å². The first-order valence-corrected chi connectivity index (χ1v) is 11.0. The molecule has 0 rings (SSSR count). The Bertz CT molecular complexity index is 335. The highest BCUT2D eigenvalue weighted by atomic mass is 16.2. The fourth-order valence-electron chi connectivity index (χ4n) is 3.13. The molecule has 0 aliphatic rings. The molecular weight excluding hydrogens is 326 g/mol. The summed E-state index contributed by atoms with van der Waals surface area (Å²) in [7, 11) is 0. The molecule has 0 bridgehead atoms. The van der Waals surface area contributed by atoms with Crippen LogP contribution in [0.2, 0.25) is 0 Å². The van der Waals surface area contributed by atoms with E-state index >= 15 is 0 Å². The van der Waals surface area contributed by atoms with Crippen molar-refractivity contribution in [3.63, 3.8) is 0 Å². The maximum absolute atomic E-state index is 11.3. The van der Waals surface area contributed by atoms with Gasteiger partial charge in [0, 0.05) is 6.54 Å². The molecule has 5 nitrogen and oxygen atoms in total. The first-order chi connectivity index (χ1) is 12.7. The van der Waals surface area contributed by atoms with Gasteiger partial charge in [-0.1, -0.05) is 103 Å². The number of nitrogens with two attached hydrogens (primary N) is 1. The number of urea groups is 1. The lowest BCUT2D eigenvalue weighted by atomic mass is 10.0. The zero-order valence-electron chi connectivity index (χ0n) is 17.1. The normalized spacial score (nSPS) is 10.7. The van der Waals surface area contributed by atoms with E-state index in [-0.39, 0.29) is 12.5 Å². The summed E-state index contributed by atoms with van der Waals surface area (Å²) in [5.41, 5.74) is 4.91. The third kappa shape index (κ3) is 20.8. The summed E-state index contributed by atoms with van der Waals surface area (Å²) in [6, 6.07) is -0.664. The number of carbonyl (C=O) groups excluding carboxylic acids is 2. The van der Waals surface area contributed by atoms with E-state index in [1.807, 2.05) is 0 Å². The summed E-state index contributed by atoms with van der Waals surface area (Å²) >= 11 is 0. The fourth-order valence-corrected chi connectivity index (χ4v) is 3.13. The van der Waals surface area contributed by atoms with Crippen LogP contribution in [-0.2, 0) is 4.79 Å². The predicted octanol–water partition coefficient (Wildman–Crippen LogP) is 5.03. The monoisotopic (exact) mass is 369 g/mol. The Morgan fingerprint density at radius 1 is 0.615 bits per heavy atom. The van der Waals surface area contributed by atoms with Crippen molar-refractivity contribution in [2.75, 3.05) is 13.1 Å². The molecule has 0 fully saturated rings. The molecule has 5 heteroatoms. The Kier molecular flexibility index (Phi) is 19.1. The number of carbonyl (C=O) groups is 2. The highest BCUT2D eigenvalue weighted by molar-refractivity contribution is 5.83. The first-order valence-electron chi connectivity index (χ1n) is 11.0. The summed E-state index contributed by atoms with van der Waals surface area (Å²) in [6.07, 6.45) is 21.5. The van der Waals surface area contributed by atoms with Gasteiger partial charge in [0.1, 0.15) is 0 Å². The molecule has 0 aliphatic carbocycles. The molecule has 4 N–H and O–H groups in total. The Hall–Kier alpha value is -1.26. The second kappa shape index (κ2) is 20.1. The van der Waals surface area contributed by atoms with Crippen molar-refractivity contribution in [3.8, 4) is 0 Å². The smallest absolute Gasteiger partial charge is 0.312 e. The number of hydrogen-bond acceptors (Lipinski definition) is 2. The molecule has 154 valence electrons. The second-order valence-electron chi connectivity index (χ2n) is 7.37. The van der Waals surface area contributed by atoms with Crippen LogP contribution in [0.1, 0.15) is 110 Å². The van der Waals surface area contributed by atoms with E-state index in [9.17, 15) is 9.59 Å². The van der Waals surface area contributed by atoms with Crippen LogP contribution in [-0.4, -0.2) is 25.0 Å². The second-order valence-corrected chi connectivity index (χ2v) is 7.37. The predicted molar refractivity (Wildman–Crippen MR) is 110 cm³/mol. The Morgan fingerprint density at radius 2 is 1.00 bits per heavy atom. The van der Waals surface area contributed by atoms with Crippen molar-refractivity contribution < 1.29 is 9.59 Å². The van der Waals surface area contributed by atoms with E-state index in [1.165, 1.54) is 89.9 Å². The Labute approximate surface area is 161 Å². The molecular formula is C21H43N3O2. The Balaban J connectivity index is 3.09. The van der Waals surface area contributed by atoms with Gasteiger partial charge < -0.3 is 16.4 Å². The molecule has 0 saturated heterocycles. The summed E-state index contributed by atoms with van der Waals surface area (Å²) in [5, 5.41) is 5.06. The molecule has 26 heavy (non-hydrogen) atoms. The lowest BCUT2D eigenvalue weighted by Crippen LogP contribution is -2.39.